The van der Waals surface area contributed by atoms with E-state index in [1.807, 2.05) is 49.4 Å². The lowest BCUT2D eigenvalue weighted by Gasteiger charge is -2.43. The smallest absolute Gasteiger partial charge is 0.261 e. The lowest BCUT2D eigenvalue weighted by molar-refractivity contribution is 0.102. The number of aromatic amines is 1. The Balaban J connectivity index is 1.01. The van der Waals surface area contributed by atoms with Gasteiger partial charge >= 0.3 is 0 Å². The second kappa shape index (κ2) is 15.4. The van der Waals surface area contributed by atoms with Crippen LogP contribution in [0.25, 0.3) is 11.4 Å². The van der Waals surface area contributed by atoms with Crippen LogP contribution in [0.5, 0.6) is 11.5 Å². The van der Waals surface area contributed by atoms with Crippen molar-refractivity contribution in [3.63, 3.8) is 0 Å². The van der Waals surface area contributed by atoms with Crippen molar-refractivity contribution in [3.05, 3.63) is 151 Å². The van der Waals surface area contributed by atoms with E-state index in [1.165, 1.54) is 10.4 Å². The molecule has 0 aliphatic rings. The van der Waals surface area contributed by atoms with Gasteiger partial charge in [-0.1, -0.05) is 93.6 Å². The number of aryl methyl sites for hydroxylation is 1. The summed E-state index contributed by atoms with van der Waals surface area (Å²) in [4.78, 5) is 24.9. The van der Waals surface area contributed by atoms with Gasteiger partial charge in [-0.15, -0.1) is 0 Å². The van der Waals surface area contributed by atoms with Gasteiger partial charge in [-0.25, -0.2) is 4.98 Å². The van der Waals surface area contributed by atoms with Crippen LogP contribution in [-0.4, -0.2) is 42.4 Å². The molecular formula is C41H42N4O4Si. The molecule has 254 valence electrons. The van der Waals surface area contributed by atoms with Gasteiger partial charge in [-0.3, -0.25) is 9.78 Å². The summed E-state index contributed by atoms with van der Waals surface area (Å²) in [6.45, 7) is 9.88. The second-order valence-electron chi connectivity index (χ2n) is 13.1. The third kappa shape index (κ3) is 7.85. The molecule has 0 atom stereocenters. The van der Waals surface area contributed by atoms with Crippen LogP contribution in [0.4, 0.5) is 5.69 Å². The molecular weight excluding hydrogens is 641 g/mol. The molecule has 8 nitrogen and oxygen atoms in total. The van der Waals surface area contributed by atoms with Gasteiger partial charge in [0.15, 0.2) is 0 Å². The van der Waals surface area contributed by atoms with E-state index in [2.05, 4.69) is 89.6 Å². The van der Waals surface area contributed by atoms with E-state index in [0.29, 0.717) is 30.3 Å². The zero-order valence-electron chi connectivity index (χ0n) is 28.9. The number of aromatic nitrogens is 3. The van der Waals surface area contributed by atoms with Crippen molar-refractivity contribution in [2.75, 3.05) is 18.5 Å². The van der Waals surface area contributed by atoms with Crippen molar-refractivity contribution >= 4 is 30.3 Å². The molecule has 1 amide bonds. The molecule has 4 aromatic carbocycles. The van der Waals surface area contributed by atoms with E-state index >= 15 is 0 Å². The molecule has 0 spiro atoms. The number of amides is 1. The molecule has 50 heavy (non-hydrogen) atoms. The summed E-state index contributed by atoms with van der Waals surface area (Å²) < 4.78 is 18.9. The number of hydrogen-bond acceptors (Lipinski definition) is 6. The molecule has 0 radical (unpaired) electrons. The Morgan fingerprint density at radius 1 is 0.780 bits per heavy atom. The van der Waals surface area contributed by atoms with Gasteiger partial charge in [-0.05, 0) is 70.4 Å². The monoisotopic (exact) mass is 682 g/mol. The van der Waals surface area contributed by atoms with Crippen LogP contribution < -0.4 is 25.2 Å². The number of pyridine rings is 1. The molecule has 6 rings (SSSR count). The van der Waals surface area contributed by atoms with Crippen molar-refractivity contribution in [2.24, 2.45) is 0 Å². The fourth-order valence-electron chi connectivity index (χ4n) is 6.08. The first kappa shape index (κ1) is 34.4. The Morgan fingerprint density at radius 2 is 1.46 bits per heavy atom. The lowest BCUT2D eigenvalue weighted by Crippen LogP contribution is -2.66. The number of carbonyl (C=O) groups is 1. The Hall–Kier alpha value is -5.51. The van der Waals surface area contributed by atoms with E-state index in [0.717, 1.165) is 28.3 Å². The molecule has 0 aliphatic heterocycles. The van der Waals surface area contributed by atoms with E-state index in [9.17, 15) is 4.79 Å². The summed E-state index contributed by atoms with van der Waals surface area (Å²) >= 11 is 0. The number of rotatable bonds is 13. The van der Waals surface area contributed by atoms with Gasteiger partial charge in [0.2, 0.25) is 0 Å². The van der Waals surface area contributed by atoms with E-state index in [4.69, 9.17) is 13.9 Å². The Kier molecular flexibility index (Phi) is 10.6. The third-order valence-corrected chi connectivity index (χ3v) is 13.7. The third-order valence-electron chi connectivity index (χ3n) is 8.65. The van der Waals surface area contributed by atoms with Gasteiger partial charge in [0.05, 0.1) is 18.5 Å². The Bertz CT molecular complexity index is 1940. The highest BCUT2D eigenvalue weighted by molar-refractivity contribution is 6.99. The quantitative estimate of drug-likeness (QED) is 0.0964. The topological polar surface area (TPSA) is 98.4 Å². The predicted molar refractivity (Wildman–Crippen MR) is 201 cm³/mol. The molecule has 9 heteroatoms. The van der Waals surface area contributed by atoms with Crippen LogP contribution in [0.2, 0.25) is 5.04 Å². The van der Waals surface area contributed by atoms with Crippen LogP contribution in [0.3, 0.4) is 0 Å². The van der Waals surface area contributed by atoms with Crippen molar-refractivity contribution in [1.82, 2.24) is 15.0 Å². The number of imidazole rings is 1. The summed E-state index contributed by atoms with van der Waals surface area (Å²) in [5.74, 6) is 1.85. The van der Waals surface area contributed by atoms with E-state index < -0.39 is 8.32 Å². The predicted octanol–water partition coefficient (Wildman–Crippen LogP) is 7.57. The number of nitrogens with zero attached hydrogens (tertiary/aromatic N) is 2. The van der Waals surface area contributed by atoms with Crippen LogP contribution in [-0.2, 0) is 11.0 Å². The Morgan fingerprint density at radius 3 is 2.06 bits per heavy atom. The molecule has 6 aromatic rings. The first-order valence-corrected chi connectivity index (χ1v) is 18.6. The zero-order valence-corrected chi connectivity index (χ0v) is 29.9. The summed E-state index contributed by atoms with van der Waals surface area (Å²) in [5, 5.41) is 5.39. The molecule has 0 aliphatic carbocycles. The number of carbonyl (C=O) groups excluding carboxylic acids is 1. The molecule has 0 fully saturated rings. The highest BCUT2D eigenvalue weighted by Crippen LogP contribution is 2.36. The Labute approximate surface area is 294 Å². The number of benzene rings is 4. The van der Waals surface area contributed by atoms with Gasteiger partial charge in [-0.2, -0.15) is 0 Å². The first-order valence-electron chi connectivity index (χ1n) is 16.7. The van der Waals surface area contributed by atoms with Crippen molar-refractivity contribution in [2.45, 2.75) is 39.3 Å². The summed E-state index contributed by atoms with van der Waals surface area (Å²) in [6.07, 6.45) is 5.18. The summed E-state index contributed by atoms with van der Waals surface area (Å²) in [6, 6.07) is 37.9. The van der Waals surface area contributed by atoms with E-state index in [-0.39, 0.29) is 17.6 Å². The maximum atomic E-state index is 13.0. The minimum absolute atomic E-state index is 0.0987. The van der Waals surface area contributed by atoms with Crippen LogP contribution in [0, 0.1) is 6.92 Å². The molecule has 2 aromatic heterocycles. The number of hydrogen-bond donors (Lipinski definition) is 2. The second-order valence-corrected chi connectivity index (χ2v) is 17.4. The van der Waals surface area contributed by atoms with Crippen molar-refractivity contribution in [1.29, 1.82) is 0 Å². The summed E-state index contributed by atoms with van der Waals surface area (Å²) in [5.41, 5.74) is 3.87. The molecule has 0 unspecified atom stereocenters. The first-order chi connectivity index (χ1) is 24.2. The SMILES string of the molecule is Cc1ccc(-c2ncc[nH]2)cc1NC(=O)c1ccc(OCc2ccc(OCCO[Si](c3ccccc3)(c3ccccc3)C(C)(C)C)cn2)cc1. The standard InChI is InChI=1S/C41H42N4O4Si/c1-30-15-16-32(39-42-23-24-43-39)27-38(30)45-40(46)31-17-20-34(21-18-31)48-29-33-19-22-35(28-44-33)47-25-26-49-50(41(2,3)4,36-11-7-5-8-12-36)37-13-9-6-10-14-37/h5-24,27-28H,25-26,29H2,1-4H3,(H,42,43)(H,45,46). The maximum Gasteiger partial charge on any atom is 0.261 e. The fraction of sp³-hybridized carbons (Fsp3) is 0.195. The van der Waals surface area contributed by atoms with E-state index in [1.54, 1.807) is 42.9 Å². The van der Waals surface area contributed by atoms with Crippen molar-refractivity contribution < 1.29 is 18.7 Å². The van der Waals surface area contributed by atoms with Gasteiger partial charge in [0.25, 0.3) is 14.2 Å². The molecule has 2 heterocycles. The minimum atomic E-state index is -2.62. The number of nitrogens with one attached hydrogen (secondary N) is 2. The van der Waals surface area contributed by atoms with Gasteiger partial charge in [0, 0.05) is 29.2 Å². The highest BCUT2D eigenvalue weighted by Gasteiger charge is 2.50. The lowest BCUT2D eigenvalue weighted by atomic mass is 10.1. The minimum Gasteiger partial charge on any atom is -0.490 e. The average Bonchev–Trinajstić information content (AvgIpc) is 3.68. The molecule has 0 saturated heterocycles. The highest BCUT2D eigenvalue weighted by atomic mass is 28.4. The maximum absolute atomic E-state index is 13.0. The fourth-order valence-corrected chi connectivity index (χ4v) is 10.6. The summed E-state index contributed by atoms with van der Waals surface area (Å²) in [7, 11) is -2.62. The molecule has 0 saturated carbocycles. The average molecular weight is 683 g/mol. The zero-order chi connectivity index (χ0) is 35.0. The largest absolute Gasteiger partial charge is 0.490 e. The molecule has 2 N–H and O–H groups in total. The van der Waals surface area contributed by atoms with Gasteiger partial charge in [0.1, 0.15) is 30.5 Å². The van der Waals surface area contributed by atoms with Crippen LogP contribution in [0.1, 0.15) is 42.4 Å². The number of H-pyrrole nitrogens is 1. The molecule has 0 bridgehead atoms. The van der Waals surface area contributed by atoms with Crippen molar-refractivity contribution in [3.8, 4) is 22.9 Å². The normalized spacial score (nSPS) is 11.6. The number of anilines is 1. The van der Waals surface area contributed by atoms with Gasteiger partial charge < -0.3 is 24.2 Å². The van der Waals surface area contributed by atoms with Crippen LogP contribution >= 0.6 is 0 Å². The number of ether oxygens (including phenoxy) is 2. The van der Waals surface area contributed by atoms with Crippen LogP contribution in [0.15, 0.2) is 134 Å².